The second-order valence-electron chi connectivity index (χ2n) is 5.34. The van der Waals surface area contributed by atoms with Crippen molar-refractivity contribution in [2.24, 2.45) is 5.41 Å². The Kier molecular flexibility index (Phi) is 7.11. The van der Waals surface area contributed by atoms with Gasteiger partial charge in [0.25, 0.3) is 0 Å². The molecule has 0 heterocycles. The van der Waals surface area contributed by atoms with Gasteiger partial charge >= 0.3 is 12.0 Å². The summed E-state index contributed by atoms with van der Waals surface area (Å²) in [4.78, 5) is 35.7. The average Bonchev–Trinajstić information content (AvgIpc) is 2.22. The van der Waals surface area contributed by atoms with Crippen LogP contribution >= 0.6 is 0 Å². The summed E-state index contributed by atoms with van der Waals surface area (Å²) in [6, 6.07) is -0.416. The number of carbonyl (C=O) groups is 3. The van der Waals surface area contributed by atoms with Crippen molar-refractivity contribution < 1.29 is 19.5 Å². The number of hydrogen-bond donors (Lipinski definition) is 2. The Morgan fingerprint density at radius 1 is 1.16 bits per heavy atom. The molecule has 0 unspecified atom stereocenters. The van der Waals surface area contributed by atoms with E-state index >= 15 is 0 Å². The summed E-state index contributed by atoms with van der Waals surface area (Å²) < 4.78 is 0. The van der Waals surface area contributed by atoms with Gasteiger partial charge in [0.2, 0.25) is 5.91 Å². The molecule has 6 heteroatoms. The normalized spacial score (nSPS) is 10.9. The molecule has 0 aliphatic carbocycles. The monoisotopic (exact) mass is 272 g/mol. The number of rotatable bonds is 7. The fourth-order valence-corrected chi connectivity index (χ4v) is 1.82. The Morgan fingerprint density at radius 3 is 2.16 bits per heavy atom. The van der Waals surface area contributed by atoms with Crippen molar-refractivity contribution >= 4 is 17.9 Å². The highest BCUT2D eigenvalue weighted by atomic mass is 16.4. The standard InChI is InChI=1S/C13H24N2O4/c1-5-7-15(6-2)12(19)14-10(16)8-13(3,4)9-11(17)18/h5-9H2,1-4H3,(H,17,18)(H,14,16,19). The molecule has 0 rings (SSSR count). The van der Waals surface area contributed by atoms with E-state index in [1.165, 1.54) is 0 Å². The largest absolute Gasteiger partial charge is 0.481 e. The van der Waals surface area contributed by atoms with E-state index in [-0.39, 0.29) is 12.8 Å². The molecule has 0 saturated heterocycles. The minimum Gasteiger partial charge on any atom is -0.481 e. The Bertz CT molecular complexity index is 340. The Balaban J connectivity index is 4.37. The van der Waals surface area contributed by atoms with Gasteiger partial charge in [0.05, 0.1) is 6.42 Å². The molecule has 3 amide bonds. The van der Waals surface area contributed by atoms with Crippen molar-refractivity contribution in [3.63, 3.8) is 0 Å². The summed E-state index contributed by atoms with van der Waals surface area (Å²) in [5, 5.41) is 11.0. The number of imide groups is 1. The first-order chi connectivity index (χ1) is 8.71. The highest BCUT2D eigenvalue weighted by molar-refractivity contribution is 5.94. The molecule has 19 heavy (non-hydrogen) atoms. The van der Waals surface area contributed by atoms with Crippen molar-refractivity contribution in [2.45, 2.75) is 47.0 Å². The van der Waals surface area contributed by atoms with E-state index < -0.39 is 23.3 Å². The second-order valence-corrected chi connectivity index (χ2v) is 5.34. The molecule has 0 aliphatic heterocycles. The molecule has 0 saturated carbocycles. The first-order valence-corrected chi connectivity index (χ1v) is 6.52. The van der Waals surface area contributed by atoms with Gasteiger partial charge < -0.3 is 10.0 Å². The zero-order chi connectivity index (χ0) is 15.1. The highest BCUT2D eigenvalue weighted by Gasteiger charge is 2.26. The summed E-state index contributed by atoms with van der Waals surface area (Å²) in [5.74, 6) is -1.39. The van der Waals surface area contributed by atoms with Crippen molar-refractivity contribution in [2.75, 3.05) is 13.1 Å². The molecule has 0 aliphatic rings. The lowest BCUT2D eigenvalue weighted by Gasteiger charge is -2.23. The van der Waals surface area contributed by atoms with Gasteiger partial charge in [-0.2, -0.15) is 0 Å². The molecule has 0 spiro atoms. The smallest absolute Gasteiger partial charge is 0.324 e. The quantitative estimate of drug-likeness (QED) is 0.740. The molecule has 0 aromatic heterocycles. The van der Waals surface area contributed by atoms with Crippen LogP contribution in [0.2, 0.25) is 0 Å². The minimum absolute atomic E-state index is 0.00865. The highest BCUT2D eigenvalue weighted by Crippen LogP contribution is 2.24. The Labute approximate surface area is 114 Å². The zero-order valence-corrected chi connectivity index (χ0v) is 12.2. The molecule has 110 valence electrons. The summed E-state index contributed by atoms with van der Waals surface area (Å²) in [6.07, 6.45) is 0.718. The van der Waals surface area contributed by atoms with E-state index in [4.69, 9.17) is 5.11 Å². The van der Waals surface area contributed by atoms with Crippen LogP contribution in [-0.2, 0) is 9.59 Å². The molecule has 0 bridgehead atoms. The molecule has 0 aromatic rings. The topological polar surface area (TPSA) is 86.7 Å². The minimum atomic E-state index is -0.953. The number of nitrogens with one attached hydrogen (secondary N) is 1. The van der Waals surface area contributed by atoms with E-state index in [1.54, 1.807) is 18.7 Å². The van der Waals surface area contributed by atoms with Crippen LogP contribution in [0.1, 0.15) is 47.0 Å². The van der Waals surface area contributed by atoms with Gasteiger partial charge in [-0.05, 0) is 18.8 Å². The van der Waals surface area contributed by atoms with Crippen LogP contribution < -0.4 is 5.32 Å². The van der Waals surface area contributed by atoms with E-state index in [2.05, 4.69) is 5.32 Å². The summed E-state index contributed by atoms with van der Waals surface area (Å²) in [6.45, 7) is 8.30. The fourth-order valence-electron chi connectivity index (χ4n) is 1.82. The maximum atomic E-state index is 11.8. The van der Waals surface area contributed by atoms with E-state index in [9.17, 15) is 14.4 Å². The molecule has 2 N–H and O–H groups in total. The number of amides is 3. The van der Waals surface area contributed by atoms with Crippen molar-refractivity contribution in [1.29, 1.82) is 0 Å². The Morgan fingerprint density at radius 2 is 1.74 bits per heavy atom. The molecular weight excluding hydrogens is 248 g/mol. The third-order valence-electron chi connectivity index (χ3n) is 2.68. The molecule has 6 nitrogen and oxygen atoms in total. The summed E-state index contributed by atoms with van der Waals surface area (Å²) >= 11 is 0. The maximum absolute atomic E-state index is 11.8. The van der Waals surface area contributed by atoms with Gasteiger partial charge in [-0.1, -0.05) is 20.8 Å². The maximum Gasteiger partial charge on any atom is 0.324 e. The second kappa shape index (κ2) is 7.76. The molecular formula is C13H24N2O4. The van der Waals surface area contributed by atoms with E-state index in [1.807, 2.05) is 13.8 Å². The van der Waals surface area contributed by atoms with E-state index in [0.717, 1.165) is 6.42 Å². The van der Waals surface area contributed by atoms with Gasteiger partial charge in [0.1, 0.15) is 0 Å². The Hall–Kier alpha value is -1.59. The van der Waals surface area contributed by atoms with Crippen molar-refractivity contribution in [1.82, 2.24) is 10.2 Å². The first kappa shape index (κ1) is 17.4. The van der Waals surface area contributed by atoms with Crippen LogP contribution in [0.15, 0.2) is 0 Å². The lowest BCUT2D eigenvalue weighted by molar-refractivity contribution is -0.139. The van der Waals surface area contributed by atoms with Crippen molar-refractivity contribution in [3.8, 4) is 0 Å². The fraction of sp³-hybridized carbons (Fsp3) is 0.769. The van der Waals surface area contributed by atoms with Gasteiger partial charge in [0, 0.05) is 19.5 Å². The number of aliphatic carboxylic acids is 1. The molecule has 0 aromatic carbocycles. The number of nitrogens with zero attached hydrogens (tertiary/aromatic N) is 1. The zero-order valence-electron chi connectivity index (χ0n) is 12.2. The van der Waals surface area contributed by atoms with Crippen molar-refractivity contribution in [3.05, 3.63) is 0 Å². The van der Waals surface area contributed by atoms with E-state index in [0.29, 0.717) is 13.1 Å². The summed E-state index contributed by atoms with van der Waals surface area (Å²) in [5.41, 5.74) is -0.669. The van der Waals surface area contributed by atoms with Gasteiger partial charge in [-0.15, -0.1) is 0 Å². The molecule has 0 atom stereocenters. The average molecular weight is 272 g/mol. The van der Waals surface area contributed by atoms with Crippen LogP contribution in [0.25, 0.3) is 0 Å². The molecule has 0 fully saturated rings. The lowest BCUT2D eigenvalue weighted by Crippen LogP contribution is -2.44. The van der Waals surface area contributed by atoms with Gasteiger partial charge in [-0.25, -0.2) is 4.79 Å². The number of carbonyl (C=O) groups excluding carboxylic acids is 2. The SMILES string of the molecule is CCCN(CC)C(=O)NC(=O)CC(C)(C)CC(=O)O. The van der Waals surface area contributed by atoms with Crippen LogP contribution in [0.4, 0.5) is 4.79 Å². The number of hydrogen-bond acceptors (Lipinski definition) is 3. The first-order valence-electron chi connectivity index (χ1n) is 6.52. The number of carboxylic acid groups (broad SMARTS) is 1. The van der Waals surface area contributed by atoms with Crippen LogP contribution in [-0.4, -0.2) is 41.0 Å². The van der Waals surface area contributed by atoms with Crippen LogP contribution in [0.3, 0.4) is 0 Å². The summed E-state index contributed by atoms with van der Waals surface area (Å²) in [7, 11) is 0. The number of carboxylic acids is 1. The van der Waals surface area contributed by atoms with Gasteiger partial charge in [-0.3, -0.25) is 14.9 Å². The lowest BCUT2D eigenvalue weighted by atomic mass is 9.85. The van der Waals surface area contributed by atoms with Crippen LogP contribution in [0, 0.1) is 5.41 Å². The third-order valence-corrected chi connectivity index (χ3v) is 2.68. The molecule has 0 radical (unpaired) electrons. The number of urea groups is 1. The third kappa shape index (κ3) is 7.43. The van der Waals surface area contributed by atoms with Crippen LogP contribution in [0.5, 0.6) is 0 Å². The predicted molar refractivity (Wildman–Crippen MR) is 71.7 cm³/mol. The predicted octanol–water partition coefficient (Wildman–Crippen LogP) is 1.85. The van der Waals surface area contributed by atoms with Gasteiger partial charge in [0.15, 0.2) is 0 Å².